The molecule has 0 aliphatic carbocycles. The first-order chi connectivity index (χ1) is 14.0. The molecule has 1 aliphatic rings. The van der Waals surface area contributed by atoms with Crippen molar-refractivity contribution in [3.05, 3.63) is 71.5 Å². The van der Waals surface area contributed by atoms with E-state index in [1.165, 1.54) is 6.08 Å². The van der Waals surface area contributed by atoms with Gasteiger partial charge in [0.2, 0.25) is 5.78 Å². The molecule has 0 atom stereocenters. The van der Waals surface area contributed by atoms with Crippen LogP contribution in [0.5, 0.6) is 17.2 Å². The summed E-state index contributed by atoms with van der Waals surface area (Å²) in [5.41, 5.74) is 1.92. The number of hydrogen-bond acceptors (Lipinski definition) is 6. The van der Waals surface area contributed by atoms with Crippen molar-refractivity contribution >= 4 is 17.8 Å². The molecule has 0 N–H and O–H groups in total. The molecule has 1 heterocycles. The maximum atomic E-state index is 12.7. The number of carbonyl (C=O) groups excluding carboxylic acids is 2. The van der Waals surface area contributed by atoms with Crippen LogP contribution >= 0.6 is 0 Å². The summed E-state index contributed by atoms with van der Waals surface area (Å²) in [5.74, 6) is 1.18. The number of hydrogen-bond donors (Lipinski definition) is 0. The van der Waals surface area contributed by atoms with Gasteiger partial charge in [-0.05, 0) is 49.8 Å². The Hall–Kier alpha value is -3.54. The van der Waals surface area contributed by atoms with E-state index in [9.17, 15) is 9.59 Å². The average Bonchev–Trinajstić information content (AvgIpc) is 3.04. The van der Waals surface area contributed by atoms with Gasteiger partial charge in [0, 0.05) is 5.56 Å². The number of benzene rings is 2. The number of Topliss-reactive ketones (excluding diaryl/α,β-unsaturated/α-hetero) is 1. The fourth-order valence-corrected chi connectivity index (χ4v) is 2.83. The largest absolute Gasteiger partial charge is 0.494 e. The standard InChI is InChI=1S/C23H22O6/c1-4-12-27-21(24)14-28-19-11-10-18-22(25)20(29-23(18)15(19)3)13-16-6-8-17(9-7-16)26-5-2/h4,6-11,13H,1,5,12,14H2,2-3H3/b20-13-. The third-order valence-corrected chi connectivity index (χ3v) is 4.23. The van der Waals surface area contributed by atoms with Crippen molar-refractivity contribution in [2.75, 3.05) is 19.8 Å². The predicted molar refractivity (Wildman–Crippen MR) is 108 cm³/mol. The molecule has 0 bridgehead atoms. The SMILES string of the molecule is C=CCOC(=O)COc1ccc2c(c1C)O/C(=C\c1ccc(OCC)cc1)C2=O. The lowest BCUT2D eigenvalue weighted by molar-refractivity contribution is -0.144. The Bertz CT molecular complexity index is 956. The second-order valence-electron chi connectivity index (χ2n) is 6.27. The van der Waals surface area contributed by atoms with Crippen LogP contribution < -0.4 is 14.2 Å². The summed E-state index contributed by atoms with van der Waals surface area (Å²) in [6, 6.07) is 10.7. The highest BCUT2D eigenvalue weighted by Gasteiger charge is 2.30. The van der Waals surface area contributed by atoms with Gasteiger partial charge in [0.15, 0.2) is 12.4 Å². The Morgan fingerprint density at radius 3 is 2.59 bits per heavy atom. The molecule has 0 saturated heterocycles. The Morgan fingerprint density at radius 1 is 1.14 bits per heavy atom. The van der Waals surface area contributed by atoms with E-state index in [1.807, 2.05) is 31.2 Å². The molecular formula is C23H22O6. The number of ketones is 1. The lowest BCUT2D eigenvalue weighted by Gasteiger charge is -2.11. The lowest BCUT2D eigenvalue weighted by Crippen LogP contribution is -2.15. The summed E-state index contributed by atoms with van der Waals surface area (Å²) in [4.78, 5) is 24.3. The molecule has 0 radical (unpaired) electrons. The smallest absolute Gasteiger partial charge is 0.344 e. The van der Waals surface area contributed by atoms with Gasteiger partial charge in [0.25, 0.3) is 0 Å². The molecule has 2 aromatic rings. The van der Waals surface area contributed by atoms with Crippen LogP contribution in [-0.2, 0) is 9.53 Å². The van der Waals surface area contributed by atoms with Crippen LogP contribution in [0.15, 0.2) is 54.8 Å². The van der Waals surface area contributed by atoms with Crippen molar-refractivity contribution in [3.8, 4) is 17.2 Å². The normalized spacial score (nSPS) is 13.6. The van der Waals surface area contributed by atoms with Gasteiger partial charge in [-0.25, -0.2) is 4.79 Å². The number of allylic oxidation sites excluding steroid dienone is 1. The Morgan fingerprint density at radius 2 is 1.90 bits per heavy atom. The van der Waals surface area contributed by atoms with E-state index in [0.717, 1.165) is 11.3 Å². The molecule has 0 unspecified atom stereocenters. The van der Waals surface area contributed by atoms with Crippen LogP contribution in [0, 0.1) is 6.92 Å². The highest BCUT2D eigenvalue weighted by molar-refractivity contribution is 6.15. The van der Waals surface area contributed by atoms with Crippen molar-refractivity contribution in [1.29, 1.82) is 0 Å². The summed E-state index contributed by atoms with van der Waals surface area (Å²) in [7, 11) is 0. The quantitative estimate of drug-likeness (QED) is 0.381. The van der Waals surface area contributed by atoms with Gasteiger partial charge < -0.3 is 18.9 Å². The topological polar surface area (TPSA) is 71.1 Å². The second kappa shape index (κ2) is 9.10. The molecule has 0 amide bonds. The van der Waals surface area contributed by atoms with E-state index in [4.69, 9.17) is 18.9 Å². The number of esters is 1. The molecule has 1 aliphatic heterocycles. The fraction of sp³-hybridized carbons (Fsp3) is 0.217. The molecule has 3 rings (SSSR count). The van der Waals surface area contributed by atoms with Crippen LogP contribution in [0.3, 0.4) is 0 Å². The van der Waals surface area contributed by atoms with Gasteiger partial charge in [0.05, 0.1) is 12.2 Å². The number of carbonyl (C=O) groups is 2. The highest BCUT2D eigenvalue weighted by Crippen LogP contribution is 2.39. The molecule has 0 aromatic heterocycles. The zero-order valence-corrected chi connectivity index (χ0v) is 16.4. The van der Waals surface area contributed by atoms with Gasteiger partial charge in [-0.2, -0.15) is 0 Å². The first-order valence-electron chi connectivity index (χ1n) is 9.23. The van der Waals surface area contributed by atoms with Crippen molar-refractivity contribution in [3.63, 3.8) is 0 Å². The van der Waals surface area contributed by atoms with Gasteiger partial charge >= 0.3 is 5.97 Å². The van der Waals surface area contributed by atoms with Crippen molar-refractivity contribution in [1.82, 2.24) is 0 Å². The molecule has 6 heteroatoms. The van der Waals surface area contributed by atoms with Crippen LogP contribution in [0.25, 0.3) is 6.08 Å². The molecule has 2 aromatic carbocycles. The molecule has 150 valence electrons. The number of fused-ring (bicyclic) bond motifs is 1. The Balaban J connectivity index is 1.75. The van der Waals surface area contributed by atoms with E-state index in [0.29, 0.717) is 29.2 Å². The van der Waals surface area contributed by atoms with Crippen LogP contribution in [0.2, 0.25) is 0 Å². The Labute approximate surface area is 169 Å². The van der Waals surface area contributed by atoms with Crippen molar-refractivity contribution in [2.45, 2.75) is 13.8 Å². The van der Waals surface area contributed by atoms with Gasteiger partial charge in [0.1, 0.15) is 23.9 Å². The Kier molecular flexibility index (Phi) is 6.34. The minimum absolute atomic E-state index is 0.128. The van der Waals surface area contributed by atoms with E-state index in [-0.39, 0.29) is 24.8 Å². The summed E-state index contributed by atoms with van der Waals surface area (Å²) in [6.45, 7) is 7.65. The van der Waals surface area contributed by atoms with E-state index < -0.39 is 5.97 Å². The predicted octanol–water partition coefficient (Wildman–Crippen LogP) is 4.12. The average molecular weight is 394 g/mol. The molecule has 0 spiro atoms. The van der Waals surface area contributed by atoms with Crippen LogP contribution in [0.1, 0.15) is 28.4 Å². The number of ether oxygens (including phenoxy) is 4. The molecular weight excluding hydrogens is 372 g/mol. The zero-order valence-electron chi connectivity index (χ0n) is 16.4. The monoisotopic (exact) mass is 394 g/mol. The van der Waals surface area contributed by atoms with Gasteiger partial charge in [-0.1, -0.05) is 24.8 Å². The maximum absolute atomic E-state index is 12.7. The number of rotatable bonds is 8. The second-order valence-corrected chi connectivity index (χ2v) is 6.27. The molecule has 6 nitrogen and oxygen atoms in total. The fourth-order valence-electron chi connectivity index (χ4n) is 2.83. The lowest BCUT2D eigenvalue weighted by atomic mass is 10.1. The van der Waals surface area contributed by atoms with E-state index in [2.05, 4.69) is 6.58 Å². The molecule has 0 fully saturated rings. The third kappa shape index (κ3) is 4.66. The van der Waals surface area contributed by atoms with Crippen LogP contribution in [-0.4, -0.2) is 31.6 Å². The van der Waals surface area contributed by atoms with Crippen LogP contribution in [0.4, 0.5) is 0 Å². The molecule has 29 heavy (non-hydrogen) atoms. The minimum Gasteiger partial charge on any atom is -0.494 e. The summed E-state index contributed by atoms with van der Waals surface area (Å²) in [5, 5.41) is 0. The summed E-state index contributed by atoms with van der Waals surface area (Å²) < 4.78 is 21.6. The third-order valence-electron chi connectivity index (χ3n) is 4.23. The van der Waals surface area contributed by atoms with Crippen molar-refractivity contribution in [2.24, 2.45) is 0 Å². The summed E-state index contributed by atoms with van der Waals surface area (Å²) in [6.07, 6.45) is 3.17. The first kappa shape index (κ1) is 20.2. The van der Waals surface area contributed by atoms with Gasteiger partial charge in [-0.3, -0.25) is 4.79 Å². The summed E-state index contributed by atoms with van der Waals surface area (Å²) >= 11 is 0. The minimum atomic E-state index is -0.502. The molecule has 0 saturated carbocycles. The van der Waals surface area contributed by atoms with Crippen molar-refractivity contribution < 1.29 is 28.5 Å². The highest BCUT2D eigenvalue weighted by atomic mass is 16.6. The van der Waals surface area contributed by atoms with Gasteiger partial charge in [-0.15, -0.1) is 0 Å². The van der Waals surface area contributed by atoms with E-state index in [1.54, 1.807) is 25.1 Å². The first-order valence-corrected chi connectivity index (χ1v) is 9.23. The maximum Gasteiger partial charge on any atom is 0.344 e. The zero-order chi connectivity index (χ0) is 20.8. The van der Waals surface area contributed by atoms with E-state index >= 15 is 0 Å².